The lowest BCUT2D eigenvalue weighted by molar-refractivity contribution is 0.208. The first-order valence-electron chi connectivity index (χ1n) is 6.13. The van der Waals surface area contributed by atoms with Crippen LogP contribution in [0.3, 0.4) is 0 Å². The molecule has 2 rings (SSSR count). The minimum Gasteiger partial charge on any atom is -0.396 e. The molecule has 0 unspecified atom stereocenters. The monoisotopic (exact) mass is 346 g/mol. The summed E-state index contributed by atoms with van der Waals surface area (Å²) in [5.41, 5.74) is 1.61. The van der Waals surface area contributed by atoms with E-state index in [1.54, 1.807) is 11.0 Å². The topological polar surface area (TPSA) is 52.6 Å². The van der Waals surface area contributed by atoms with Crippen LogP contribution in [-0.2, 0) is 0 Å². The molecule has 0 aliphatic carbocycles. The van der Waals surface area contributed by atoms with Crippen molar-refractivity contribution < 1.29 is 9.90 Å². The van der Waals surface area contributed by atoms with E-state index in [9.17, 15) is 4.79 Å². The molecular formula is C13H16BrClN2O2. The van der Waals surface area contributed by atoms with Gasteiger partial charge >= 0.3 is 6.03 Å². The number of aryl methyl sites for hydroxylation is 1. The Hall–Kier alpha value is -0.780. The molecule has 2 N–H and O–H groups in total. The van der Waals surface area contributed by atoms with Gasteiger partial charge in [-0.2, -0.15) is 0 Å². The molecule has 19 heavy (non-hydrogen) atoms. The third kappa shape index (κ3) is 3.41. The maximum Gasteiger partial charge on any atom is 0.321 e. The molecule has 2 amide bonds. The van der Waals surface area contributed by atoms with E-state index in [2.05, 4.69) is 21.2 Å². The molecule has 6 heteroatoms. The molecule has 1 aliphatic rings. The number of hydrogen-bond acceptors (Lipinski definition) is 2. The zero-order valence-corrected chi connectivity index (χ0v) is 13.0. The molecule has 0 spiro atoms. The third-order valence-electron chi connectivity index (χ3n) is 3.32. The number of likely N-dealkylation sites (tertiary alicyclic amines) is 1. The van der Waals surface area contributed by atoms with Crippen LogP contribution in [0, 0.1) is 12.8 Å². The van der Waals surface area contributed by atoms with Crippen LogP contribution in [0.25, 0.3) is 0 Å². The van der Waals surface area contributed by atoms with Gasteiger partial charge in [-0.3, -0.25) is 0 Å². The molecule has 1 atom stereocenters. The first kappa shape index (κ1) is 14.6. The fourth-order valence-corrected chi connectivity index (χ4v) is 2.82. The Balaban J connectivity index is 2.05. The largest absolute Gasteiger partial charge is 0.396 e. The van der Waals surface area contributed by atoms with Crippen molar-refractivity contribution >= 4 is 39.2 Å². The van der Waals surface area contributed by atoms with Gasteiger partial charge in [0.15, 0.2) is 0 Å². The Labute approximate surface area is 125 Å². The van der Waals surface area contributed by atoms with E-state index in [0.29, 0.717) is 23.8 Å². The van der Waals surface area contributed by atoms with Crippen molar-refractivity contribution in [3.8, 4) is 0 Å². The standard InChI is InChI=1S/C13H16BrClN2O2/c1-8-4-10(14)12(5-11(8)15)16-13(19)17-3-2-9(6-17)7-18/h4-5,9,18H,2-3,6-7H2,1H3,(H,16,19)/t9-/m0/s1. The van der Waals surface area contributed by atoms with Gasteiger partial charge < -0.3 is 15.3 Å². The number of aliphatic hydroxyl groups is 1. The summed E-state index contributed by atoms with van der Waals surface area (Å²) < 4.78 is 0.806. The summed E-state index contributed by atoms with van der Waals surface area (Å²) in [7, 11) is 0. The third-order valence-corrected chi connectivity index (χ3v) is 4.38. The lowest BCUT2D eigenvalue weighted by Crippen LogP contribution is -2.33. The van der Waals surface area contributed by atoms with Crippen LogP contribution in [0.5, 0.6) is 0 Å². The minimum absolute atomic E-state index is 0.129. The molecule has 1 saturated heterocycles. The molecule has 4 nitrogen and oxygen atoms in total. The summed E-state index contributed by atoms with van der Waals surface area (Å²) in [6.07, 6.45) is 0.847. The minimum atomic E-state index is -0.156. The van der Waals surface area contributed by atoms with Crippen LogP contribution in [0.2, 0.25) is 5.02 Å². The maximum absolute atomic E-state index is 12.1. The first-order chi connectivity index (χ1) is 9.01. The van der Waals surface area contributed by atoms with E-state index < -0.39 is 0 Å². The van der Waals surface area contributed by atoms with Crippen molar-refractivity contribution in [2.24, 2.45) is 5.92 Å². The number of nitrogens with one attached hydrogen (secondary N) is 1. The fourth-order valence-electron chi connectivity index (χ4n) is 2.10. The SMILES string of the molecule is Cc1cc(Br)c(NC(=O)N2CC[C@H](CO)C2)cc1Cl. The summed E-state index contributed by atoms with van der Waals surface area (Å²) in [6.45, 7) is 3.31. The van der Waals surface area contributed by atoms with E-state index >= 15 is 0 Å². The van der Waals surface area contributed by atoms with Crippen molar-refractivity contribution in [3.05, 3.63) is 27.2 Å². The highest BCUT2D eigenvalue weighted by Crippen LogP contribution is 2.29. The second-order valence-electron chi connectivity index (χ2n) is 4.79. The van der Waals surface area contributed by atoms with Crippen molar-refractivity contribution in [2.75, 3.05) is 25.0 Å². The maximum atomic E-state index is 12.1. The Morgan fingerprint density at radius 2 is 2.37 bits per heavy atom. The van der Waals surface area contributed by atoms with E-state index in [1.807, 2.05) is 13.0 Å². The average Bonchev–Trinajstić information content (AvgIpc) is 2.84. The first-order valence-corrected chi connectivity index (χ1v) is 7.30. The molecule has 1 heterocycles. The van der Waals surface area contributed by atoms with Crippen LogP contribution in [0.4, 0.5) is 10.5 Å². The molecule has 0 aromatic heterocycles. The molecule has 0 radical (unpaired) electrons. The molecule has 1 aromatic carbocycles. The molecule has 0 bridgehead atoms. The Bertz CT molecular complexity index is 496. The second-order valence-corrected chi connectivity index (χ2v) is 6.06. The van der Waals surface area contributed by atoms with Gasteiger partial charge in [0.25, 0.3) is 0 Å². The summed E-state index contributed by atoms with van der Waals surface area (Å²) >= 11 is 9.47. The summed E-state index contributed by atoms with van der Waals surface area (Å²) in [4.78, 5) is 13.8. The normalized spacial score (nSPS) is 18.7. The number of hydrogen-bond donors (Lipinski definition) is 2. The van der Waals surface area contributed by atoms with E-state index in [1.165, 1.54) is 0 Å². The number of amides is 2. The second kappa shape index (κ2) is 6.11. The Kier molecular flexibility index (Phi) is 4.71. The van der Waals surface area contributed by atoms with Crippen molar-refractivity contribution in [3.63, 3.8) is 0 Å². The molecule has 104 valence electrons. The van der Waals surface area contributed by atoms with Crippen molar-refractivity contribution in [1.29, 1.82) is 0 Å². The van der Waals surface area contributed by atoms with Crippen LogP contribution < -0.4 is 5.32 Å². The Morgan fingerprint density at radius 3 is 3.00 bits per heavy atom. The number of halogens is 2. The molecule has 1 fully saturated rings. The highest BCUT2D eigenvalue weighted by molar-refractivity contribution is 9.10. The van der Waals surface area contributed by atoms with Crippen molar-refractivity contribution in [1.82, 2.24) is 4.90 Å². The number of carbonyl (C=O) groups excluding carboxylic acids is 1. The number of benzene rings is 1. The number of anilines is 1. The zero-order chi connectivity index (χ0) is 14.0. The van der Waals surface area contributed by atoms with Crippen LogP contribution >= 0.6 is 27.5 Å². The van der Waals surface area contributed by atoms with E-state index in [-0.39, 0.29) is 18.6 Å². The Morgan fingerprint density at radius 1 is 1.63 bits per heavy atom. The summed E-state index contributed by atoms with van der Waals surface area (Å²) in [6, 6.07) is 3.45. The highest BCUT2D eigenvalue weighted by Gasteiger charge is 2.25. The highest BCUT2D eigenvalue weighted by atomic mass is 79.9. The molecule has 1 aromatic rings. The summed E-state index contributed by atoms with van der Waals surface area (Å²) in [5, 5.41) is 12.5. The molecular weight excluding hydrogens is 332 g/mol. The van der Waals surface area contributed by atoms with Gasteiger partial charge in [-0.25, -0.2) is 4.79 Å². The van der Waals surface area contributed by atoms with Crippen molar-refractivity contribution in [2.45, 2.75) is 13.3 Å². The lowest BCUT2D eigenvalue weighted by Gasteiger charge is -2.18. The van der Waals surface area contributed by atoms with Gasteiger partial charge in [0, 0.05) is 35.1 Å². The van der Waals surface area contributed by atoms with Gasteiger partial charge in [0.05, 0.1) is 5.69 Å². The zero-order valence-electron chi connectivity index (χ0n) is 10.6. The predicted molar refractivity (Wildman–Crippen MR) is 79.7 cm³/mol. The smallest absolute Gasteiger partial charge is 0.321 e. The quantitative estimate of drug-likeness (QED) is 0.863. The lowest BCUT2D eigenvalue weighted by atomic mass is 10.1. The number of aliphatic hydroxyl groups excluding tert-OH is 1. The molecule has 1 aliphatic heterocycles. The van der Waals surface area contributed by atoms with Crippen LogP contribution in [-0.4, -0.2) is 35.7 Å². The van der Waals surface area contributed by atoms with Gasteiger partial charge in [-0.1, -0.05) is 11.6 Å². The number of urea groups is 1. The fraction of sp³-hybridized carbons (Fsp3) is 0.462. The number of rotatable bonds is 2. The van der Waals surface area contributed by atoms with Gasteiger partial charge in [-0.05, 0) is 47.0 Å². The van der Waals surface area contributed by atoms with Crippen LogP contribution in [0.1, 0.15) is 12.0 Å². The van der Waals surface area contributed by atoms with Gasteiger partial charge in [0.2, 0.25) is 0 Å². The number of carbonyl (C=O) groups is 1. The van der Waals surface area contributed by atoms with Gasteiger partial charge in [0.1, 0.15) is 0 Å². The molecule has 0 saturated carbocycles. The van der Waals surface area contributed by atoms with Crippen LogP contribution in [0.15, 0.2) is 16.6 Å². The number of nitrogens with zero attached hydrogens (tertiary/aromatic N) is 1. The van der Waals surface area contributed by atoms with Gasteiger partial charge in [-0.15, -0.1) is 0 Å². The predicted octanol–water partition coefficient (Wildman–Crippen LogP) is 3.26. The van der Waals surface area contributed by atoms with E-state index in [0.717, 1.165) is 16.5 Å². The van der Waals surface area contributed by atoms with E-state index in [4.69, 9.17) is 16.7 Å². The average molecular weight is 348 g/mol. The summed E-state index contributed by atoms with van der Waals surface area (Å²) in [5.74, 6) is 0.191.